The number of nitrogens with two attached hydrogens (primary N) is 1. The van der Waals surface area contributed by atoms with Crippen molar-refractivity contribution in [2.75, 3.05) is 33.5 Å². The first-order chi connectivity index (χ1) is 14.4. The molecule has 1 aliphatic heterocycles. The fourth-order valence-corrected chi connectivity index (χ4v) is 3.38. The molecule has 1 aromatic carbocycles. The minimum atomic E-state index is -1.70. The highest BCUT2D eigenvalue weighted by Crippen LogP contribution is 2.36. The van der Waals surface area contributed by atoms with Gasteiger partial charge in [-0.05, 0) is 6.07 Å². The molecule has 4 rings (SSSR count). The quantitative estimate of drug-likeness (QED) is 0.639. The summed E-state index contributed by atoms with van der Waals surface area (Å²) in [6.07, 6.45) is 0.246. The number of amides is 1. The maximum atomic E-state index is 12.3. The largest absolute Gasteiger partial charge is 0.479 e. The van der Waals surface area contributed by atoms with E-state index in [9.17, 15) is 9.90 Å². The summed E-state index contributed by atoms with van der Waals surface area (Å²) in [5, 5.41) is 14.8. The molecule has 1 atom stereocenters. The zero-order chi connectivity index (χ0) is 21.5. The molecule has 0 aliphatic carbocycles. The molecule has 3 aromatic rings. The summed E-state index contributed by atoms with van der Waals surface area (Å²) in [4.78, 5) is 22.4. The van der Waals surface area contributed by atoms with Crippen LogP contribution in [0, 0.1) is 0 Å². The fourth-order valence-electron chi connectivity index (χ4n) is 3.38. The first-order valence-electron chi connectivity index (χ1n) is 9.19. The van der Waals surface area contributed by atoms with Crippen LogP contribution < -0.4 is 15.2 Å². The molecule has 1 amide bonds. The van der Waals surface area contributed by atoms with E-state index in [1.807, 2.05) is 12.1 Å². The standard InChI is InChI=1S/C20H21N5O5/c1-25-8-7-20(27,19(25)26)14-10-13(24-30-14)11-5-4-6-12(9-11)16-22-17(28-2)15(21)18(23-16)29-3/h4-6,9-10,27H,7-8,21H2,1-3H3. The summed E-state index contributed by atoms with van der Waals surface area (Å²) in [6.45, 7) is 0.443. The SMILES string of the molecule is COc1nc(-c2cccc(-c3cc(C4(O)CCN(C)C4=O)on3)c2)nc(OC)c1N. The Kier molecular flexibility index (Phi) is 4.78. The van der Waals surface area contributed by atoms with E-state index in [2.05, 4.69) is 15.1 Å². The molecule has 0 bridgehead atoms. The third kappa shape index (κ3) is 3.11. The number of carbonyl (C=O) groups is 1. The maximum Gasteiger partial charge on any atom is 0.262 e. The van der Waals surface area contributed by atoms with Crippen LogP contribution in [-0.4, -0.2) is 58.9 Å². The van der Waals surface area contributed by atoms with Crippen molar-refractivity contribution in [1.82, 2.24) is 20.0 Å². The van der Waals surface area contributed by atoms with Crippen LogP contribution in [0.4, 0.5) is 5.69 Å². The lowest BCUT2D eigenvalue weighted by Gasteiger charge is -2.16. The monoisotopic (exact) mass is 411 g/mol. The molecule has 156 valence electrons. The summed E-state index contributed by atoms with van der Waals surface area (Å²) in [6, 6.07) is 8.82. The summed E-state index contributed by atoms with van der Waals surface area (Å²) >= 11 is 0. The first kappa shape index (κ1) is 19.6. The smallest absolute Gasteiger partial charge is 0.262 e. The molecule has 1 unspecified atom stereocenters. The molecular formula is C20H21N5O5. The van der Waals surface area contributed by atoms with Gasteiger partial charge in [-0.2, -0.15) is 9.97 Å². The Labute approximate surface area is 172 Å². The van der Waals surface area contributed by atoms with Crippen LogP contribution in [0.25, 0.3) is 22.6 Å². The van der Waals surface area contributed by atoms with Gasteiger partial charge in [-0.15, -0.1) is 0 Å². The van der Waals surface area contributed by atoms with Gasteiger partial charge >= 0.3 is 0 Å². The number of hydrogen-bond acceptors (Lipinski definition) is 9. The van der Waals surface area contributed by atoms with E-state index >= 15 is 0 Å². The van der Waals surface area contributed by atoms with Gasteiger partial charge in [0.25, 0.3) is 5.91 Å². The predicted molar refractivity (Wildman–Crippen MR) is 107 cm³/mol. The van der Waals surface area contributed by atoms with Gasteiger partial charge in [0, 0.05) is 37.2 Å². The minimum absolute atomic E-state index is 0.115. The highest BCUT2D eigenvalue weighted by molar-refractivity contribution is 5.87. The number of aromatic nitrogens is 3. The summed E-state index contributed by atoms with van der Waals surface area (Å²) in [5.74, 6) is 0.474. The van der Waals surface area contributed by atoms with Crippen LogP contribution in [0.3, 0.4) is 0 Å². The van der Waals surface area contributed by atoms with E-state index in [0.717, 1.165) is 0 Å². The van der Waals surface area contributed by atoms with Gasteiger partial charge in [-0.3, -0.25) is 4.79 Å². The molecule has 0 radical (unpaired) electrons. The van der Waals surface area contributed by atoms with E-state index in [-0.39, 0.29) is 29.6 Å². The van der Waals surface area contributed by atoms with Crippen molar-refractivity contribution >= 4 is 11.6 Å². The molecule has 0 saturated carbocycles. The van der Waals surface area contributed by atoms with Crippen LogP contribution in [0.5, 0.6) is 11.8 Å². The second-order valence-electron chi connectivity index (χ2n) is 6.97. The van der Waals surface area contributed by atoms with Crippen molar-refractivity contribution in [3.05, 3.63) is 36.1 Å². The van der Waals surface area contributed by atoms with Gasteiger partial charge < -0.3 is 29.7 Å². The van der Waals surface area contributed by atoms with Crippen LogP contribution in [0.15, 0.2) is 34.9 Å². The van der Waals surface area contributed by atoms with E-state index in [0.29, 0.717) is 29.2 Å². The Balaban J connectivity index is 1.71. The number of hydrogen-bond donors (Lipinski definition) is 2. The average Bonchev–Trinajstić information content (AvgIpc) is 3.36. The Morgan fingerprint density at radius 3 is 2.43 bits per heavy atom. The molecule has 1 fully saturated rings. The summed E-state index contributed by atoms with van der Waals surface area (Å²) < 4.78 is 15.7. The molecule has 3 N–H and O–H groups in total. The maximum absolute atomic E-state index is 12.3. The van der Waals surface area contributed by atoms with Gasteiger partial charge in [0.1, 0.15) is 5.69 Å². The molecule has 2 aromatic heterocycles. The van der Waals surface area contributed by atoms with E-state index in [4.69, 9.17) is 19.7 Å². The molecule has 10 heteroatoms. The number of benzene rings is 1. The van der Waals surface area contributed by atoms with E-state index in [1.165, 1.54) is 19.1 Å². The topological polar surface area (TPSA) is 137 Å². The lowest BCUT2D eigenvalue weighted by atomic mass is 9.98. The van der Waals surface area contributed by atoms with Crippen LogP contribution in [-0.2, 0) is 10.4 Å². The van der Waals surface area contributed by atoms with Crippen molar-refractivity contribution in [2.45, 2.75) is 12.0 Å². The van der Waals surface area contributed by atoms with E-state index in [1.54, 1.807) is 25.2 Å². The Morgan fingerprint density at radius 2 is 1.83 bits per heavy atom. The predicted octanol–water partition coefficient (Wildman–Crippen LogP) is 1.45. The number of nitrogens with zero attached hydrogens (tertiary/aromatic N) is 4. The zero-order valence-electron chi connectivity index (χ0n) is 16.7. The number of aliphatic hydroxyl groups is 1. The fraction of sp³-hybridized carbons (Fsp3) is 0.300. The number of likely N-dealkylation sites (N-methyl/N-ethyl adjacent to an activating group) is 1. The highest BCUT2D eigenvalue weighted by Gasteiger charge is 2.48. The molecule has 1 saturated heterocycles. The van der Waals surface area contributed by atoms with Crippen molar-refractivity contribution in [3.8, 4) is 34.4 Å². The normalized spacial score (nSPS) is 18.7. The second kappa shape index (κ2) is 7.30. The van der Waals surface area contributed by atoms with Gasteiger partial charge in [-0.25, -0.2) is 0 Å². The third-order valence-corrected chi connectivity index (χ3v) is 5.11. The minimum Gasteiger partial charge on any atom is -0.479 e. The number of carbonyl (C=O) groups excluding carboxylic acids is 1. The molecule has 0 spiro atoms. The van der Waals surface area contributed by atoms with Gasteiger partial charge in [0.05, 0.1) is 14.2 Å². The molecular weight excluding hydrogens is 390 g/mol. The van der Waals surface area contributed by atoms with E-state index < -0.39 is 11.5 Å². The van der Waals surface area contributed by atoms with Crippen molar-refractivity contribution in [1.29, 1.82) is 0 Å². The number of nitrogen functional groups attached to an aromatic ring is 1. The van der Waals surface area contributed by atoms with Crippen LogP contribution in [0.2, 0.25) is 0 Å². The zero-order valence-corrected chi connectivity index (χ0v) is 16.7. The summed E-state index contributed by atoms with van der Waals surface area (Å²) in [7, 11) is 4.56. The number of likely N-dealkylation sites (tertiary alicyclic amines) is 1. The van der Waals surface area contributed by atoms with Gasteiger partial charge in [0.2, 0.25) is 17.4 Å². The third-order valence-electron chi connectivity index (χ3n) is 5.11. The number of anilines is 1. The highest BCUT2D eigenvalue weighted by atomic mass is 16.5. The Hall–Kier alpha value is -3.66. The molecule has 3 heterocycles. The van der Waals surface area contributed by atoms with Gasteiger partial charge in [-0.1, -0.05) is 23.4 Å². The number of rotatable bonds is 5. The lowest BCUT2D eigenvalue weighted by molar-refractivity contribution is -0.144. The van der Waals surface area contributed by atoms with Crippen LogP contribution in [0.1, 0.15) is 12.2 Å². The number of methoxy groups -OCH3 is 2. The Bertz CT molecular complexity index is 1090. The average molecular weight is 411 g/mol. The first-order valence-corrected chi connectivity index (χ1v) is 9.19. The van der Waals surface area contributed by atoms with Gasteiger partial charge in [0.15, 0.2) is 17.3 Å². The molecule has 10 nitrogen and oxygen atoms in total. The Morgan fingerprint density at radius 1 is 1.17 bits per heavy atom. The van der Waals surface area contributed by atoms with Crippen molar-refractivity contribution < 1.29 is 23.9 Å². The van der Waals surface area contributed by atoms with Crippen molar-refractivity contribution in [3.63, 3.8) is 0 Å². The molecule has 1 aliphatic rings. The summed E-state index contributed by atoms with van der Waals surface area (Å²) in [5.41, 5.74) is 6.27. The van der Waals surface area contributed by atoms with Crippen molar-refractivity contribution in [2.24, 2.45) is 0 Å². The van der Waals surface area contributed by atoms with Crippen LogP contribution >= 0.6 is 0 Å². The molecule has 30 heavy (non-hydrogen) atoms. The lowest BCUT2D eigenvalue weighted by Crippen LogP contribution is -2.35. The number of ether oxygens (including phenoxy) is 2. The second-order valence-corrected chi connectivity index (χ2v) is 6.97.